The van der Waals surface area contributed by atoms with Crippen molar-refractivity contribution in [2.75, 3.05) is 38.8 Å². The van der Waals surface area contributed by atoms with E-state index in [-0.39, 0.29) is 36.2 Å². The van der Waals surface area contributed by atoms with Gasteiger partial charge in [-0.1, -0.05) is 18.7 Å². The van der Waals surface area contributed by atoms with Crippen molar-refractivity contribution < 1.29 is 31.8 Å². The number of rotatable bonds is 6. The number of allylic oxidation sites excluding steroid dienone is 2. The van der Waals surface area contributed by atoms with Gasteiger partial charge in [0.25, 0.3) is 5.91 Å². The van der Waals surface area contributed by atoms with Crippen LogP contribution in [0.3, 0.4) is 0 Å². The smallest absolute Gasteiger partial charge is 0.411 e. The summed E-state index contributed by atoms with van der Waals surface area (Å²) in [4.78, 5) is 26.3. The molecule has 1 unspecified atom stereocenters. The highest BCUT2D eigenvalue weighted by atomic mass is 19.4. The van der Waals surface area contributed by atoms with Gasteiger partial charge in [-0.15, -0.1) is 0 Å². The number of carbonyl (C=O) groups is 1. The third kappa shape index (κ3) is 5.83. The molecule has 0 aliphatic carbocycles. The topological polar surface area (TPSA) is 80.7 Å². The van der Waals surface area contributed by atoms with E-state index in [1.807, 2.05) is 0 Å². The number of morpholine rings is 1. The molecule has 1 aliphatic rings. The first-order valence-electron chi connectivity index (χ1n) is 9.75. The average molecular weight is 467 g/mol. The van der Waals surface area contributed by atoms with Crippen LogP contribution in [0.2, 0.25) is 0 Å². The van der Waals surface area contributed by atoms with Gasteiger partial charge in [0.05, 0.1) is 13.2 Å². The first kappa shape index (κ1) is 24.1. The van der Waals surface area contributed by atoms with Crippen LogP contribution in [0.5, 0.6) is 11.8 Å². The minimum Gasteiger partial charge on any atom is -0.421 e. The van der Waals surface area contributed by atoms with Crippen molar-refractivity contribution in [2.45, 2.75) is 12.2 Å². The summed E-state index contributed by atoms with van der Waals surface area (Å²) in [5, 5.41) is 0. The van der Waals surface area contributed by atoms with Crippen LogP contribution in [0, 0.1) is 5.82 Å². The van der Waals surface area contributed by atoms with E-state index in [2.05, 4.69) is 21.5 Å². The summed E-state index contributed by atoms with van der Waals surface area (Å²) in [5.41, 5.74) is 0.0946. The summed E-state index contributed by atoms with van der Waals surface area (Å²) in [6, 6.07) is 1.16. The monoisotopic (exact) mass is 467 g/mol. The number of halogens is 4. The molecule has 1 aliphatic heterocycles. The van der Waals surface area contributed by atoms with Gasteiger partial charge in [-0.3, -0.25) is 4.79 Å². The standard InChI is InChI=1S/C21H21F4N5O3/c1-4-5-6-17-26-19(30-9-10-32-12-16(30)21(23,24)25)28-20(27-17)33-15-8-7-13(11-14(15)22)18(31)29(2)3/h4-8,11,16H,1,9-10,12H2,2-3H3. The highest BCUT2D eigenvalue weighted by Crippen LogP contribution is 2.31. The number of nitrogens with zero attached hydrogens (tertiary/aromatic N) is 5. The van der Waals surface area contributed by atoms with Crippen molar-refractivity contribution in [3.05, 3.63) is 54.1 Å². The van der Waals surface area contributed by atoms with E-state index in [9.17, 15) is 22.4 Å². The third-order valence-electron chi connectivity index (χ3n) is 4.55. The van der Waals surface area contributed by atoms with Crippen molar-refractivity contribution in [3.63, 3.8) is 0 Å². The largest absolute Gasteiger partial charge is 0.421 e. The maximum atomic E-state index is 14.6. The van der Waals surface area contributed by atoms with E-state index in [0.29, 0.717) is 0 Å². The molecule has 2 heterocycles. The summed E-state index contributed by atoms with van der Waals surface area (Å²) in [6.45, 7) is 2.87. The fourth-order valence-corrected chi connectivity index (χ4v) is 2.95. The molecule has 1 saturated heterocycles. The number of anilines is 1. The summed E-state index contributed by atoms with van der Waals surface area (Å²) in [5.74, 6) is -1.90. The number of carbonyl (C=O) groups excluding carboxylic acids is 1. The fraction of sp³-hybridized carbons (Fsp3) is 0.333. The maximum Gasteiger partial charge on any atom is 0.411 e. The summed E-state index contributed by atoms with van der Waals surface area (Å²) >= 11 is 0. The zero-order valence-electron chi connectivity index (χ0n) is 17.8. The molecule has 8 nitrogen and oxygen atoms in total. The van der Waals surface area contributed by atoms with Gasteiger partial charge in [-0.05, 0) is 24.3 Å². The molecule has 0 N–H and O–H groups in total. The van der Waals surface area contributed by atoms with E-state index < -0.39 is 36.6 Å². The molecule has 1 fully saturated rings. The Morgan fingerprint density at radius 1 is 1.30 bits per heavy atom. The minimum absolute atomic E-state index is 0.0119. The second-order valence-electron chi connectivity index (χ2n) is 7.14. The Morgan fingerprint density at radius 3 is 2.70 bits per heavy atom. The van der Waals surface area contributed by atoms with Crippen molar-refractivity contribution in [2.24, 2.45) is 0 Å². The van der Waals surface area contributed by atoms with Crippen LogP contribution >= 0.6 is 0 Å². The van der Waals surface area contributed by atoms with Crippen LogP contribution in [-0.4, -0.2) is 71.8 Å². The van der Waals surface area contributed by atoms with Crippen LogP contribution in [-0.2, 0) is 4.74 Å². The van der Waals surface area contributed by atoms with E-state index in [1.165, 1.54) is 49.4 Å². The number of aromatic nitrogens is 3. The number of hydrogen-bond donors (Lipinski definition) is 0. The van der Waals surface area contributed by atoms with Gasteiger partial charge in [0.1, 0.15) is 0 Å². The van der Waals surface area contributed by atoms with Gasteiger partial charge in [-0.25, -0.2) is 4.39 Å². The number of alkyl halides is 3. The molecular formula is C21H21F4N5O3. The normalized spacial score (nSPS) is 16.7. The summed E-state index contributed by atoms with van der Waals surface area (Å²) in [6.07, 6.45) is -0.293. The molecule has 1 amide bonds. The van der Waals surface area contributed by atoms with Crippen molar-refractivity contribution in [3.8, 4) is 11.8 Å². The van der Waals surface area contributed by atoms with Crippen LogP contribution in [0.25, 0.3) is 6.08 Å². The Kier molecular flexibility index (Phi) is 7.26. The molecular weight excluding hydrogens is 446 g/mol. The minimum atomic E-state index is -4.59. The van der Waals surface area contributed by atoms with E-state index in [0.717, 1.165) is 11.0 Å². The Bertz CT molecular complexity index is 1060. The molecule has 0 spiro atoms. The second-order valence-corrected chi connectivity index (χ2v) is 7.14. The van der Waals surface area contributed by atoms with Crippen molar-refractivity contribution in [1.29, 1.82) is 0 Å². The van der Waals surface area contributed by atoms with Crippen molar-refractivity contribution in [1.82, 2.24) is 19.9 Å². The predicted molar refractivity (Wildman–Crippen MR) is 112 cm³/mol. The van der Waals surface area contributed by atoms with Gasteiger partial charge < -0.3 is 19.3 Å². The second kappa shape index (κ2) is 9.94. The van der Waals surface area contributed by atoms with Crippen LogP contribution in [0.4, 0.5) is 23.5 Å². The highest BCUT2D eigenvalue weighted by Gasteiger charge is 2.46. The number of amides is 1. The molecule has 0 saturated carbocycles. The maximum absolute atomic E-state index is 14.6. The van der Waals surface area contributed by atoms with Gasteiger partial charge in [0.2, 0.25) is 5.95 Å². The molecule has 1 aromatic heterocycles. The molecule has 1 atom stereocenters. The van der Waals surface area contributed by atoms with Crippen molar-refractivity contribution >= 4 is 17.9 Å². The molecule has 3 rings (SSSR count). The van der Waals surface area contributed by atoms with Gasteiger partial charge in [-0.2, -0.15) is 28.1 Å². The van der Waals surface area contributed by atoms with Gasteiger partial charge in [0, 0.05) is 26.2 Å². The average Bonchev–Trinajstić information content (AvgIpc) is 2.77. The SMILES string of the molecule is C=CC=Cc1nc(Oc2ccc(C(=O)N(C)C)cc2F)nc(N2CCOCC2C(F)(F)F)n1. The lowest BCUT2D eigenvalue weighted by molar-refractivity contribution is -0.167. The number of ether oxygens (including phenoxy) is 2. The van der Waals surface area contributed by atoms with Gasteiger partial charge in [0.15, 0.2) is 23.4 Å². The quantitative estimate of drug-likeness (QED) is 0.475. The lowest BCUT2D eigenvalue weighted by atomic mass is 10.2. The van der Waals surface area contributed by atoms with Gasteiger partial charge >= 0.3 is 12.2 Å². The molecule has 0 bridgehead atoms. The Labute approximate surface area is 187 Å². The lowest BCUT2D eigenvalue weighted by Crippen LogP contribution is -2.54. The van der Waals surface area contributed by atoms with Crippen LogP contribution in [0.1, 0.15) is 16.2 Å². The molecule has 0 radical (unpaired) electrons. The number of benzene rings is 1. The molecule has 1 aromatic carbocycles. The fourth-order valence-electron chi connectivity index (χ4n) is 2.95. The zero-order chi connectivity index (χ0) is 24.2. The van der Waals surface area contributed by atoms with E-state index >= 15 is 0 Å². The molecule has 33 heavy (non-hydrogen) atoms. The summed E-state index contributed by atoms with van der Waals surface area (Å²) < 4.78 is 65.5. The Morgan fingerprint density at radius 2 is 2.06 bits per heavy atom. The first-order valence-corrected chi connectivity index (χ1v) is 9.75. The van der Waals surface area contributed by atoms with E-state index in [1.54, 1.807) is 0 Å². The predicted octanol–water partition coefficient (Wildman–Crippen LogP) is 3.47. The summed E-state index contributed by atoms with van der Waals surface area (Å²) in [7, 11) is 3.05. The molecule has 2 aromatic rings. The lowest BCUT2D eigenvalue weighted by Gasteiger charge is -2.36. The van der Waals surface area contributed by atoms with Crippen LogP contribution in [0.15, 0.2) is 36.9 Å². The van der Waals surface area contributed by atoms with Crippen LogP contribution < -0.4 is 9.64 Å². The first-order chi connectivity index (χ1) is 15.6. The van der Waals surface area contributed by atoms with E-state index in [4.69, 9.17) is 9.47 Å². The highest BCUT2D eigenvalue weighted by molar-refractivity contribution is 5.94. The molecule has 176 valence electrons. The Hall–Kier alpha value is -3.54. The molecule has 12 heteroatoms. The zero-order valence-corrected chi connectivity index (χ0v) is 17.8. The Balaban J connectivity index is 1.98. The number of hydrogen-bond acceptors (Lipinski definition) is 7. The third-order valence-corrected chi connectivity index (χ3v) is 4.55.